The second-order valence-electron chi connectivity index (χ2n) is 5.44. The second kappa shape index (κ2) is 7.04. The molecular formula is C20H19NO3. The average molecular weight is 321 g/mol. The molecule has 24 heavy (non-hydrogen) atoms. The predicted octanol–water partition coefficient (Wildman–Crippen LogP) is 4.31. The van der Waals surface area contributed by atoms with E-state index in [0.717, 1.165) is 33.5 Å². The lowest BCUT2D eigenvalue weighted by molar-refractivity contribution is -0.139. The van der Waals surface area contributed by atoms with Gasteiger partial charge in [-0.2, -0.15) is 0 Å². The molecule has 0 unspecified atom stereocenters. The van der Waals surface area contributed by atoms with Crippen LogP contribution >= 0.6 is 0 Å². The molecule has 0 heterocycles. The number of hydrogen-bond donors (Lipinski definition) is 1. The van der Waals surface area contributed by atoms with E-state index >= 15 is 0 Å². The molecule has 0 aliphatic heterocycles. The highest BCUT2D eigenvalue weighted by atomic mass is 16.5. The fourth-order valence-electron chi connectivity index (χ4n) is 2.66. The Kier molecular flexibility index (Phi) is 4.66. The predicted molar refractivity (Wildman–Crippen MR) is 95.9 cm³/mol. The van der Waals surface area contributed by atoms with Crippen molar-refractivity contribution < 1.29 is 14.3 Å². The van der Waals surface area contributed by atoms with Gasteiger partial charge in [-0.05, 0) is 29.8 Å². The highest BCUT2D eigenvalue weighted by Gasteiger charge is 2.07. The number of carbonyl (C=O) groups excluding carboxylic acids is 1. The monoisotopic (exact) mass is 321 g/mol. The molecule has 0 fully saturated rings. The van der Waals surface area contributed by atoms with Crippen LogP contribution in [0.5, 0.6) is 5.75 Å². The minimum absolute atomic E-state index is 0.239. The van der Waals surface area contributed by atoms with Crippen molar-refractivity contribution in [2.75, 3.05) is 19.5 Å². The van der Waals surface area contributed by atoms with Crippen molar-refractivity contribution in [3.63, 3.8) is 0 Å². The number of rotatable bonds is 5. The normalized spacial score (nSPS) is 10.4. The van der Waals surface area contributed by atoms with Gasteiger partial charge in [-0.25, -0.2) is 0 Å². The van der Waals surface area contributed by atoms with Crippen LogP contribution in [-0.4, -0.2) is 20.2 Å². The highest BCUT2D eigenvalue weighted by molar-refractivity contribution is 5.99. The van der Waals surface area contributed by atoms with E-state index in [1.54, 1.807) is 7.11 Å². The van der Waals surface area contributed by atoms with Crippen molar-refractivity contribution in [2.24, 2.45) is 0 Å². The number of nitrogens with one attached hydrogen (secondary N) is 1. The standard InChI is InChI=1S/C20H19NO3/c1-23-19-12-11-18(16-5-3-4-6-17(16)19)21-15-9-7-14(8-10-15)13-20(22)24-2/h3-12,21H,13H2,1-2H3. The summed E-state index contributed by atoms with van der Waals surface area (Å²) in [7, 11) is 3.07. The van der Waals surface area contributed by atoms with E-state index in [1.807, 2.05) is 54.6 Å². The number of anilines is 2. The van der Waals surface area contributed by atoms with Crippen molar-refractivity contribution in [1.82, 2.24) is 0 Å². The summed E-state index contributed by atoms with van der Waals surface area (Å²) < 4.78 is 10.1. The first-order valence-electron chi connectivity index (χ1n) is 7.70. The third-order valence-corrected chi connectivity index (χ3v) is 3.91. The van der Waals surface area contributed by atoms with Crippen molar-refractivity contribution in [3.05, 3.63) is 66.2 Å². The van der Waals surface area contributed by atoms with E-state index in [1.165, 1.54) is 7.11 Å². The van der Waals surface area contributed by atoms with Crippen LogP contribution in [0.15, 0.2) is 60.7 Å². The van der Waals surface area contributed by atoms with E-state index < -0.39 is 0 Å². The Morgan fingerprint density at radius 3 is 2.29 bits per heavy atom. The smallest absolute Gasteiger partial charge is 0.309 e. The Morgan fingerprint density at radius 2 is 1.62 bits per heavy atom. The molecule has 0 spiro atoms. The number of esters is 1. The molecule has 3 aromatic carbocycles. The SMILES string of the molecule is COC(=O)Cc1ccc(Nc2ccc(OC)c3ccccc23)cc1. The first-order chi connectivity index (χ1) is 11.7. The first-order valence-corrected chi connectivity index (χ1v) is 7.70. The fourth-order valence-corrected chi connectivity index (χ4v) is 2.66. The van der Waals surface area contributed by atoms with Crippen LogP contribution in [0, 0.1) is 0 Å². The van der Waals surface area contributed by atoms with Gasteiger partial charge < -0.3 is 14.8 Å². The third-order valence-electron chi connectivity index (χ3n) is 3.91. The molecule has 122 valence electrons. The summed E-state index contributed by atoms with van der Waals surface area (Å²) in [6, 6.07) is 19.8. The molecule has 0 amide bonds. The number of benzene rings is 3. The zero-order chi connectivity index (χ0) is 16.9. The Hall–Kier alpha value is -3.01. The second-order valence-corrected chi connectivity index (χ2v) is 5.44. The van der Waals surface area contributed by atoms with Gasteiger partial charge in [0.15, 0.2) is 0 Å². The molecule has 0 aliphatic rings. The number of fused-ring (bicyclic) bond motifs is 1. The number of hydrogen-bond acceptors (Lipinski definition) is 4. The van der Waals surface area contributed by atoms with E-state index in [2.05, 4.69) is 16.1 Å². The zero-order valence-electron chi connectivity index (χ0n) is 13.7. The molecule has 1 N–H and O–H groups in total. The van der Waals surface area contributed by atoms with Gasteiger partial charge in [-0.1, -0.05) is 36.4 Å². The van der Waals surface area contributed by atoms with Crippen molar-refractivity contribution in [2.45, 2.75) is 6.42 Å². The lowest BCUT2D eigenvalue weighted by Crippen LogP contribution is -2.04. The maximum absolute atomic E-state index is 11.3. The third kappa shape index (κ3) is 3.33. The Balaban J connectivity index is 1.86. The number of ether oxygens (including phenoxy) is 2. The van der Waals surface area contributed by atoms with Gasteiger partial charge in [0.2, 0.25) is 0 Å². The maximum Gasteiger partial charge on any atom is 0.309 e. The average Bonchev–Trinajstić information content (AvgIpc) is 2.63. The molecule has 3 aromatic rings. The molecule has 4 nitrogen and oxygen atoms in total. The van der Waals surface area contributed by atoms with Crippen LogP contribution in [-0.2, 0) is 16.0 Å². The van der Waals surface area contributed by atoms with Gasteiger partial charge in [0, 0.05) is 22.1 Å². The van der Waals surface area contributed by atoms with Gasteiger partial charge in [-0.3, -0.25) is 4.79 Å². The summed E-state index contributed by atoms with van der Waals surface area (Å²) >= 11 is 0. The van der Waals surface area contributed by atoms with E-state index in [9.17, 15) is 4.79 Å². The molecule has 0 saturated heterocycles. The lowest BCUT2D eigenvalue weighted by Gasteiger charge is -2.13. The van der Waals surface area contributed by atoms with E-state index in [4.69, 9.17) is 4.74 Å². The molecule has 0 radical (unpaired) electrons. The summed E-state index contributed by atoms with van der Waals surface area (Å²) in [4.78, 5) is 11.3. The zero-order valence-corrected chi connectivity index (χ0v) is 13.7. The molecule has 0 saturated carbocycles. The highest BCUT2D eigenvalue weighted by Crippen LogP contribution is 2.33. The van der Waals surface area contributed by atoms with Crippen molar-refractivity contribution in [3.8, 4) is 5.75 Å². The van der Waals surface area contributed by atoms with Gasteiger partial charge in [0.1, 0.15) is 5.75 Å². The minimum atomic E-state index is -0.239. The maximum atomic E-state index is 11.3. The topological polar surface area (TPSA) is 47.6 Å². The number of methoxy groups -OCH3 is 2. The lowest BCUT2D eigenvalue weighted by atomic mass is 10.1. The molecule has 3 rings (SSSR count). The molecule has 0 aliphatic carbocycles. The molecule has 4 heteroatoms. The molecular weight excluding hydrogens is 302 g/mol. The summed E-state index contributed by atoms with van der Waals surface area (Å²) in [5.41, 5.74) is 2.89. The van der Waals surface area contributed by atoms with Crippen LogP contribution in [0.4, 0.5) is 11.4 Å². The van der Waals surface area contributed by atoms with E-state index in [-0.39, 0.29) is 12.4 Å². The minimum Gasteiger partial charge on any atom is -0.496 e. The van der Waals surface area contributed by atoms with Crippen LogP contribution in [0.2, 0.25) is 0 Å². The van der Waals surface area contributed by atoms with Crippen molar-refractivity contribution >= 4 is 28.1 Å². The van der Waals surface area contributed by atoms with Crippen LogP contribution in [0.25, 0.3) is 10.8 Å². The van der Waals surface area contributed by atoms with Gasteiger partial charge in [0.25, 0.3) is 0 Å². The van der Waals surface area contributed by atoms with Gasteiger partial charge >= 0.3 is 5.97 Å². The summed E-state index contributed by atoms with van der Waals surface area (Å²) in [5, 5.41) is 5.58. The van der Waals surface area contributed by atoms with E-state index in [0.29, 0.717) is 0 Å². The Morgan fingerprint density at radius 1 is 0.917 bits per heavy atom. The molecule has 0 atom stereocenters. The van der Waals surface area contributed by atoms with Crippen molar-refractivity contribution in [1.29, 1.82) is 0 Å². The fraction of sp³-hybridized carbons (Fsp3) is 0.150. The van der Waals surface area contributed by atoms with Crippen LogP contribution < -0.4 is 10.1 Å². The first kappa shape index (κ1) is 15.9. The van der Waals surface area contributed by atoms with Gasteiger partial charge in [0.05, 0.1) is 20.6 Å². The summed E-state index contributed by atoms with van der Waals surface area (Å²) in [6.07, 6.45) is 0.280. The molecule has 0 aromatic heterocycles. The van der Waals surface area contributed by atoms with Crippen LogP contribution in [0.3, 0.4) is 0 Å². The van der Waals surface area contributed by atoms with Crippen LogP contribution in [0.1, 0.15) is 5.56 Å². The number of carbonyl (C=O) groups is 1. The largest absolute Gasteiger partial charge is 0.496 e. The summed E-state index contributed by atoms with van der Waals surface area (Å²) in [6.45, 7) is 0. The van der Waals surface area contributed by atoms with Gasteiger partial charge in [-0.15, -0.1) is 0 Å². The Bertz CT molecular complexity index is 856. The summed E-state index contributed by atoms with van der Waals surface area (Å²) in [5.74, 6) is 0.612. The Labute approximate surface area is 141 Å². The molecule has 0 bridgehead atoms. The quantitative estimate of drug-likeness (QED) is 0.712.